The topological polar surface area (TPSA) is 339 Å². The number of aliphatic hydroxyl groups is 1. The fourth-order valence-corrected chi connectivity index (χ4v) is 15.4. The molecule has 0 amide bonds. The molecule has 0 aromatic carbocycles. The van der Waals surface area contributed by atoms with Crippen LogP contribution < -0.4 is 0 Å². The van der Waals surface area contributed by atoms with Crippen LogP contribution in [0.3, 0.4) is 0 Å². The van der Waals surface area contributed by atoms with Crippen LogP contribution in [-0.4, -0.2) is 188 Å². The maximum absolute atomic E-state index is 13.0. The van der Waals surface area contributed by atoms with Crippen LogP contribution in [0.1, 0.15) is 141 Å². The van der Waals surface area contributed by atoms with Crippen LogP contribution in [0.2, 0.25) is 0 Å². The molecule has 27 heteroatoms. The molecule has 1 N–H and O–H groups in total. The smallest absolute Gasteiger partial charge is 0.331 e. The third-order valence-corrected chi connectivity index (χ3v) is 18.7. The summed E-state index contributed by atoms with van der Waals surface area (Å²) in [5.41, 5.74) is -0.624. The van der Waals surface area contributed by atoms with E-state index in [1.54, 1.807) is 6.08 Å². The van der Waals surface area contributed by atoms with Crippen LogP contribution in [0.4, 0.5) is 0 Å². The average Bonchev–Trinajstić information content (AvgIpc) is 1.72. The van der Waals surface area contributed by atoms with E-state index in [0.29, 0.717) is 25.7 Å². The van der Waals surface area contributed by atoms with E-state index in [4.69, 9.17) is 75.8 Å². The van der Waals surface area contributed by atoms with Crippen molar-refractivity contribution in [3.63, 3.8) is 0 Å². The number of cyclic esters (lactones) is 1. The third-order valence-electron chi connectivity index (χ3n) is 18.7. The number of hydrogen-bond acceptors (Lipinski definition) is 27. The van der Waals surface area contributed by atoms with Gasteiger partial charge in [-0.15, -0.1) is 0 Å². The van der Waals surface area contributed by atoms with Gasteiger partial charge in [-0.25, -0.2) is 4.79 Å². The highest BCUT2D eigenvalue weighted by molar-refractivity contribution is 5.85. The zero-order valence-electron chi connectivity index (χ0n) is 50.7. The molecule has 4 aliphatic heterocycles. The van der Waals surface area contributed by atoms with E-state index in [2.05, 4.69) is 13.8 Å². The van der Waals surface area contributed by atoms with Crippen molar-refractivity contribution in [2.24, 2.45) is 34.5 Å². The fourth-order valence-electron chi connectivity index (χ4n) is 15.4. The monoisotopic (exact) mass is 1220 g/mol. The molecule has 4 heterocycles. The van der Waals surface area contributed by atoms with Crippen molar-refractivity contribution in [1.82, 2.24) is 0 Å². The lowest BCUT2D eigenvalue weighted by Crippen LogP contribution is -2.65. The summed E-state index contributed by atoms with van der Waals surface area (Å²) >= 11 is 0. The zero-order valence-corrected chi connectivity index (χ0v) is 50.7. The average molecular weight is 1220 g/mol. The standard InChI is InChI=1S/C59H82O27/c1-26-45(75-27(2)60)48(78-30(5)63)51(81-33(8)66)54(74-26)72-24-42-46(76-28(3)61)49(79-31(6)64)52(82-34(9)67)55(85-42)73-25-43-47(77-29(4)62)50(80-32(7)65)53(83-35(10)68)56(86-43)84-38-15-18-57(11)37(22-38)13-14-41-40(57)16-19-58(12)39(17-20-59(41,58)70)36-21-44(69)71-23-36/h21,26,37-43,45-56,70H,13-20,22-25H2,1-12H3/t26?,37?,38?,39?,40?,41?,42?,43?,45-,46+,47+,48+,49-,50-,51+,52+,53+,54?,55?,56?,57?,58?,59?/m0/s1. The van der Waals surface area contributed by atoms with Crippen molar-refractivity contribution in [2.45, 2.75) is 245 Å². The van der Waals surface area contributed by atoms with Gasteiger partial charge in [-0.05, 0) is 99.4 Å². The first kappa shape index (κ1) is 66.1. The van der Waals surface area contributed by atoms with Gasteiger partial charge in [0.15, 0.2) is 73.8 Å². The van der Waals surface area contributed by atoms with Crippen molar-refractivity contribution in [1.29, 1.82) is 0 Å². The molecule has 0 aromatic rings. The Morgan fingerprint density at radius 2 is 0.930 bits per heavy atom. The predicted molar refractivity (Wildman–Crippen MR) is 284 cm³/mol. The number of ether oxygens (including phenoxy) is 16. The van der Waals surface area contributed by atoms with Gasteiger partial charge in [-0.1, -0.05) is 13.8 Å². The molecule has 8 aliphatic rings. The minimum atomic E-state index is -1.82. The minimum absolute atomic E-state index is 0.0224. The minimum Gasteiger partial charge on any atom is -0.458 e. The van der Waals surface area contributed by atoms with Crippen LogP contribution in [0.5, 0.6) is 0 Å². The Kier molecular flexibility index (Phi) is 20.7. The highest BCUT2D eigenvalue weighted by Gasteiger charge is 2.68. The molecule has 27 nitrogen and oxygen atoms in total. The quantitative estimate of drug-likeness (QED) is 0.117. The summed E-state index contributed by atoms with van der Waals surface area (Å²) in [6.07, 6.45) is -15.9. The highest BCUT2D eigenvalue weighted by Crippen LogP contribution is 2.70. The normalized spacial score (nSPS) is 40.8. The number of hydrogen-bond donors (Lipinski definition) is 1. The predicted octanol–water partition coefficient (Wildman–Crippen LogP) is 3.24. The van der Waals surface area contributed by atoms with E-state index in [9.17, 15) is 53.1 Å². The van der Waals surface area contributed by atoms with Gasteiger partial charge in [0.2, 0.25) is 0 Å². The Labute approximate surface area is 497 Å². The summed E-state index contributed by atoms with van der Waals surface area (Å²) in [5.74, 6) is -7.86. The summed E-state index contributed by atoms with van der Waals surface area (Å²) in [6.45, 7) is 14.4. The lowest BCUT2D eigenvalue weighted by atomic mass is 9.43. The Balaban J connectivity index is 1.06. The Morgan fingerprint density at radius 1 is 0.500 bits per heavy atom. The van der Waals surface area contributed by atoms with Gasteiger partial charge in [-0.2, -0.15) is 0 Å². The fraction of sp³-hybridized carbons (Fsp3) is 0.797. The van der Waals surface area contributed by atoms with E-state index in [1.807, 2.05) is 0 Å². The molecule has 3 saturated heterocycles. The molecule has 0 radical (unpaired) electrons. The number of esters is 10. The summed E-state index contributed by atoms with van der Waals surface area (Å²) < 4.78 is 94.8. The van der Waals surface area contributed by atoms with Gasteiger partial charge < -0.3 is 80.9 Å². The Morgan fingerprint density at radius 3 is 1.41 bits per heavy atom. The van der Waals surface area contributed by atoms with Gasteiger partial charge in [0.25, 0.3) is 0 Å². The molecule has 480 valence electrons. The van der Waals surface area contributed by atoms with Crippen LogP contribution in [0.25, 0.3) is 0 Å². The number of carbonyl (C=O) groups is 10. The molecule has 0 bridgehead atoms. The van der Waals surface area contributed by atoms with Gasteiger partial charge in [0.1, 0.15) is 18.8 Å². The Bertz CT molecular complexity index is 2620. The number of fused-ring (bicyclic) bond motifs is 5. The first-order valence-corrected chi connectivity index (χ1v) is 29.4. The maximum Gasteiger partial charge on any atom is 0.331 e. The lowest BCUT2D eigenvalue weighted by molar-refractivity contribution is -0.347. The first-order chi connectivity index (χ1) is 40.4. The summed E-state index contributed by atoms with van der Waals surface area (Å²) in [7, 11) is 0. The molecule has 0 spiro atoms. The third kappa shape index (κ3) is 14.2. The van der Waals surface area contributed by atoms with Gasteiger partial charge >= 0.3 is 59.7 Å². The van der Waals surface area contributed by atoms with E-state index in [-0.39, 0.29) is 41.7 Å². The van der Waals surface area contributed by atoms with Crippen LogP contribution in [0.15, 0.2) is 11.6 Å². The van der Waals surface area contributed by atoms with Crippen LogP contribution in [0, 0.1) is 34.5 Å². The van der Waals surface area contributed by atoms with E-state index in [1.165, 1.54) is 6.92 Å². The molecule has 4 saturated carbocycles. The first-order valence-electron chi connectivity index (χ1n) is 29.4. The van der Waals surface area contributed by atoms with E-state index >= 15 is 0 Å². The molecular formula is C59H82O27. The van der Waals surface area contributed by atoms with E-state index in [0.717, 1.165) is 100.0 Å². The van der Waals surface area contributed by atoms with Gasteiger partial charge in [0, 0.05) is 73.8 Å². The number of carbonyl (C=O) groups excluding carboxylic acids is 10. The molecule has 4 aliphatic carbocycles. The lowest BCUT2D eigenvalue weighted by Gasteiger charge is -2.64. The Hall–Kier alpha value is -5.84. The second-order valence-corrected chi connectivity index (χ2v) is 24.5. The molecular weight excluding hydrogens is 1140 g/mol. The maximum atomic E-state index is 13.0. The van der Waals surface area contributed by atoms with Crippen molar-refractivity contribution in [3.8, 4) is 0 Å². The van der Waals surface area contributed by atoms with Crippen molar-refractivity contribution >= 4 is 59.7 Å². The number of rotatable bonds is 18. The SMILES string of the molecule is CC(=O)O[C@@H]1[C@@H](OC(C)=O)C(C)OC(OCC2OC(OCC3OC(OC4CCC5(C)C(CCC6C5CCC5(C)C(C7=CC(=O)OC7)CCC65O)C4)[C@H](OC(C)=O)[C@@H](OC(C)=O)[C@@H]3OC(C)=O)[C@H](OC(C)=O)[C@@H](OC(C)=O)[C@@H]2OC(C)=O)[C@@H]1OC(C)=O. The molecule has 0 aromatic heterocycles. The largest absolute Gasteiger partial charge is 0.458 e. The second-order valence-electron chi connectivity index (χ2n) is 24.5. The molecule has 23 atom stereocenters. The summed E-state index contributed by atoms with van der Waals surface area (Å²) in [5, 5.41) is 12.9. The molecule has 86 heavy (non-hydrogen) atoms. The second kappa shape index (κ2) is 26.9. The van der Waals surface area contributed by atoms with Gasteiger partial charge in [0.05, 0.1) is 31.0 Å². The van der Waals surface area contributed by atoms with E-state index < -0.39 is 176 Å². The van der Waals surface area contributed by atoms with Crippen molar-refractivity contribution < 1.29 is 129 Å². The van der Waals surface area contributed by atoms with Crippen LogP contribution in [-0.2, 0) is 124 Å². The van der Waals surface area contributed by atoms with Gasteiger partial charge in [-0.3, -0.25) is 43.2 Å². The molecule has 8 rings (SSSR count). The van der Waals surface area contributed by atoms with Crippen LogP contribution >= 0.6 is 0 Å². The molecule has 14 unspecified atom stereocenters. The summed E-state index contributed by atoms with van der Waals surface area (Å²) in [4.78, 5) is 127. The zero-order chi connectivity index (χ0) is 62.9. The van der Waals surface area contributed by atoms with Crippen molar-refractivity contribution in [3.05, 3.63) is 11.6 Å². The summed E-state index contributed by atoms with van der Waals surface area (Å²) in [6, 6.07) is 0. The highest BCUT2D eigenvalue weighted by atomic mass is 16.8. The molecule has 7 fully saturated rings. The van der Waals surface area contributed by atoms with Crippen molar-refractivity contribution in [2.75, 3.05) is 19.8 Å².